The van der Waals surface area contributed by atoms with E-state index >= 15 is 0 Å². The standard InChI is InChI=1S/C12H13F3N4O/c1-16-6-2-3-10-18-19-11(20-10)9-5-4-8(7-17-9)12(13,14)15/h4-5,7,16H,2-3,6H2,1H3. The molecule has 0 amide bonds. The molecule has 2 aromatic rings. The smallest absolute Gasteiger partial charge is 0.417 e. The molecule has 0 aromatic carbocycles. The van der Waals surface area contributed by atoms with Gasteiger partial charge in [-0.25, -0.2) is 0 Å². The number of rotatable bonds is 5. The minimum Gasteiger partial charge on any atom is -0.419 e. The van der Waals surface area contributed by atoms with Crippen LogP contribution in [0, 0.1) is 0 Å². The lowest BCUT2D eigenvalue weighted by atomic mass is 10.2. The quantitative estimate of drug-likeness (QED) is 0.854. The highest BCUT2D eigenvalue weighted by Crippen LogP contribution is 2.29. The van der Waals surface area contributed by atoms with Gasteiger partial charge in [-0.15, -0.1) is 10.2 Å². The highest BCUT2D eigenvalue weighted by atomic mass is 19.4. The van der Waals surface area contributed by atoms with Crippen molar-refractivity contribution in [1.29, 1.82) is 0 Å². The van der Waals surface area contributed by atoms with Crippen LogP contribution in [0.15, 0.2) is 22.7 Å². The summed E-state index contributed by atoms with van der Waals surface area (Å²) in [4.78, 5) is 3.70. The number of hydrogen-bond acceptors (Lipinski definition) is 5. The molecule has 2 rings (SSSR count). The third-order valence-corrected chi connectivity index (χ3v) is 2.59. The van der Waals surface area contributed by atoms with E-state index in [0.29, 0.717) is 12.3 Å². The first kappa shape index (κ1) is 14.4. The molecule has 0 aliphatic carbocycles. The summed E-state index contributed by atoms with van der Waals surface area (Å²) in [5.74, 6) is 0.565. The maximum Gasteiger partial charge on any atom is 0.417 e. The number of halogens is 3. The predicted molar refractivity (Wildman–Crippen MR) is 64.8 cm³/mol. The van der Waals surface area contributed by atoms with Crippen LogP contribution >= 0.6 is 0 Å². The lowest BCUT2D eigenvalue weighted by Gasteiger charge is -2.05. The summed E-state index contributed by atoms with van der Waals surface area (Å²) >= 11 is 0. The zero-order valence-corrected chi connectivity index (χ0v) is 10.7. The first-order valence-corrected chi connectivity index (χ1v) is 6.01. The number of pyridine rings is 1. The monoisotopic (exact) mass is 286 g/mol. The van der Waals surface area contributed by atoms with Gasteiger partial charge in [0.25, 0.3) is 5.89 Å². The van der Waals surface area contributed by atoms with E-state index in [4.69, 9.17) is 4.42 Å². The first-order valence-electron chi connectivity index (χ1n) is 6.01. The van der Waals surface area contributed by atoms with Crippen LogP contribution in [0.4, 0.5) is 13.2 Å². The van der Waals surface area contributed by atoms with E-state index < -0.39 is 11.7 Å². The maximum absolute atomic E-state index is 12.4. The second-order valence-corrected chi connectivity index (χ2v) is 4.14. The number of hydrogen-bond donors (Lipinski definition) is 1. The van der Waals surface area contributed by atoms with Crippen molar-refractivity contribution < 1.29 is 17.6 Å². The van der Waals surface area contributed by atoms with E-state index in [1.807, 2.05) is 7.05 Å². The zero-order valence-electron chi connectivity index (χ0n) is 10.7. The average Bonchev–Trinajstić information content (AvgIpc) is 2.87. The molecule has 0 saturated heterocycles. The molecule has 20 heavy (non-hydrogen) atoms. The minimum absolute atomic E-state index is 0.123. The van der Waals surface area contributed by atoms with Gasteiger partial charge in [0.15, 0.2) is 0 Å². The van der Waals surface area contributed by atoms with Gasteiger partial charge in [0.1, 0.15) is 5.69 Å². The second-order valence-electron chi connectivity index (χ2n) is 4.14. The van der Waals surface area contributed by atoms with Gasteiger partial charge in [-0.2, -0.15) is 13.2 Å². The van der Waals surface area contributed by atoms with E-state index in [9.17, 15) is 13.2 Å². The van der Waals surface area contributed by atoms with Crippen molar-refractivity contribution in [2.45, 2.75) is 19.0 Å². The molecule has 0 radical (unpaired) electrons. The van der Waals surface area contributed by atoms with Crippen LogP contribution in [-0.4, -0.2) is 28.8 Å². The Hall–Kier alpha value is -1.96. The van der Waals surface area contributed by atoms with Crippen molar-refractivity contribution in [2.24, 2.45) is 0 Å². The van der Waals surface area contributed by atoms with Gasteiger partial charge in [-0.05, 0) is 32.1 Å². The highest BCUT2D eigenvalue weighted by molar-refractivity contribution is 5.46. The molecule has 0 atom stereocenters. The molecule has 2 heterocycles. The Morgan fingerprint density at radius 3 is 2.65 bits per heavy atom. The molecule has 0 spiro atoms. The summed E-state index contributed by atoms with van der Waals surface area (Å²) in [6.45, 7) is 0.816. The van der Waals surface area contributed by atoms with Crippen LogP contribution in [0.1, 0.15) is 17.9 Å². The van der Waals surface area contributed by atoms with E-state index in [1.54, 1.807) is 0 Å². The molecule has 0 fully saturated rings. The van der Waals surface area contributed by atoms with Crippen LogP contribution in [0.3, 0.4) is 0 Å². The Morgan fingerprint density at radius 2 is 2.05 bits per heavy atom. The molecule has 1 N–H and O–H groups in total. The van der Waals surface area contributed by atoms with E-state index in [1.165, 1.54) is 6.07 Å². The van der Waals surface area contributed by atoms with E-state index in [0.717, 1.165) is 25.2 Å². The fraction of sp³-hybridized carbons (Fsp3) is 0.417. The summed E-state index contributed by atoms with van der Waals surface area (Å²) in [7, 11) is 1.84. The third kappa shape index (κ3) is 3.53. The van der Waals surface area contributed by atoms with Crippen molar-refractivity contribution in [3.8, 4) is 11.6 Å². The number of alkyl halides is 3. The van der Waals surface area contributed by atoms with E-state index in [2.05, 4.69) is 20.5 Å². The molecule has 0 bridgehead atoms. The van der Waals surface area contributed by atoms with Crippen LogP contribution in [-0.2, 0) is 12.6 Å². The molecular formula is C12H13F3N4O. The van der Waals surface area contributed by atoms with Gasteiger partial charge >= 0.3 is 6.18 Å². The van der Waals surface area contributed by atoms with E-state index in [-0.39, 0.29) is 11.6 Å². The van der Waals surface area contributed by atoms with Gasteiger partial charge < -0.3 is 9.73 Å². The zero-order chi connectivity index (χ0) is 14.6. The van der Waals surface area contributed by atoms with Crippen molar-refractivity contribution in [1.82, 2.24) is 20.5 Å². The van der Waals surface area contributed by atoms with Gasteiger partial charge in [-0.1, -0.05) is 0 Å². The second kappa shape index (κ2) is 6.00. The summed E-state index contributed by atoms with van der Waals surface area (Å²) in [5.41, 5.74) is -0.583. The molecule has 0 unspecified atom stereocenters. The average molecular weight is 286 g/mol. The molecule has 0 aliphatic rings. The Balaban J connectivity index is 2.08. The summed E-state index contributed by atoms with van der Waals surface area (Å²) < 4.78 is 42.6. The first-order chi connectivity index (χ1) is 9.50. The Morgan fingerprint density at radius 1 is 1.25 bits per heavy atom. The lowest BCUT2D eigenvalue weighted by molar-refractivity contribution is -0.137. The number of aryl methyl sites for hydroxylation is 1. The Kier molecular flexibility index (Phi) is 4.33. The third-order valence-electron chi connectivity index (χ3n) is 2.59. The largest absolute Gasteiger partial charge is 0.419 e. The molecule has 8 heteroatoms. The number of nitrogens with one attached hydrogen (secondary N) is 1. The SMILES string of the molecule is CNCCCc1nnc(-c2ccc(C(F)(F)F)cn2)o1. The maximum atomic E-state index is 12.4. The Labute approximate surface area is 113 Å². The topological polar surface area (TPSA) is 63.8 Å². The van der Waals surface area contributed by atoms with Gasteiger partial charge in [-0.3, -0.25) is 4.98 Å². The van der Waals surface area contributed by atoms with Gasteiger partial charge in [0.05, 0.1) is 5.56 Å². The molecule has 108 valence electrons. The number of aromatic nitrogens is 3. The van der Waals surface area contributed by atoms with Crippen LogP contribution in [0.25, 0.3) is 11.6 Å². The minimum atomic E-state index is -4.40. The molecule has 0 saturated carbocycles. The summed E-state index contributed by atoms with van der Waals surface area (Å²) in [6.07, 6.45) is -2.22. The summed E-state index contributed by atoms with van der Waals surface area (Å²) in [5, 5.41) is 10.6. The summed E-state index contributed by atoms with van der Waals surface area (Å²) in [6, 6.07) is 2.15. The predicted octanol–water partition coefficient (Wildman–Crippen LogP) is 2.30. The normalized spacial score (nSPS) is 11.8. The van der Waals surface area contributed by atoms with Crippen molar-refractivity contribution in [3.63, 3.8) is 0 Å². The van der Waals surface area contributed by atoms with Crippen LogP contribution < -0.4 is 5.32 Å². The lowest BCUT2D eigenvalue weighted by Crippen LogP contribution is -2.08. The molecule has 0 aliphatic heterocycles. The van der Waals surface area contributed by atoms with Gasteiger partial charge in [0.2, 0.25) is 5.89 Å². The molecule has 2 aromatic heterocycles. The van der Waals surface area contributed by atoms with Crippen molar-refractivity contribution >= 4 is 0 Å². The Bertz CT molecular complexity index is 551. The van der Waals surface area contributed by atoms with Crippen LogP contribution in [0.5, 0.6) is 0 Å². The highest BCUT2D eigenvalue weighted by Gasteiger charge is 2.30. The van der Waals surface area contributed by atoms with Crippen molar-refractivity contribution in [2.75, 3.05) is 13.6 Å². The molecule has 5 nitrogen and oxygen atoms in total. The number of nitrogens with zero attached hydrogens (tertiary/aromatic N) is 3. The molecular weight excluding hydrogens is 273 g/mol. The van der Waals surface area contributed by atoms with Crippen molar-refractivity contribution in [3.05, 3.63) is 29.8 Å². The fourth-order valence-electron chi connectivity index (χ4n) is 1.56. The van der Waals surface area contributed by atoms with Crippen LogP contribution in [0.2, 0.25) is 0 Å². The fourth-order valence-corrected chi connectivity index (χ4v) is 1.56. The van der Waals surface area contributed by atoms with Gasteiger partial charge in [0, 0.05) is 12.6 Å².